The molecule has 0 unspecified atom stereocenters. The van der Waals surface area contributed by atoms with Crippen LogP contribution in [0, 0.1) is 0 Å². The molecule has 15 heavy (non-hydrogen) atoms. The first-order chi connectivity index (χ1) is 7.33. The second kappa shape index (κ2) is 3.10. The minimum atomic E-state index is 0.558. The van der Waals surface area contributed by atoms with E-state index in [4.69, 9.17) is 16.0 Å². The highest BCUT2D eigenvalue weighted by Gasteiger charge is 2.08. The zero-order valence-electron chi connectivity index (χ0n) is 7.59. The Hall–Kier alpha value is -1.81. The van der Waals surface area contributed by atoms with Crippen molar-refractivity contribution in [2.45, 2.75) is 0 Å². The molecule has 0 bridgehead atoms. The molecule has 0 radical (unpaired) electrons. The van der Waals surface area contributed by atoms with E-state index in [1.807, 2.05) is 12.1 Å². The minimum Gasteiger partial charge on any atom is -0.461 e. The summed E-state index contributed by atoms with van der Waals surface area (Å²) in [6.07, 6.45) is 3.30. The first-order valence-corrected chi connectivity index (χ1v) is 4.76. The van der Waals surface area contributed by atoms with Gasteiger partial charge in [0, 0.05) is 6.20 Å². The van der Waals surface area contributed by atoms with Crippen LogP contribution in [-0.4, -0.2) is 14.6 Å². The number of nitrogens with zero attached hydrogens (tertiary/aromatic N) is 3. The number of furan rings is 1. The number of hydrogen-bond acceptors (Lipinski definition) is 3. The second-order valence-corrected chi connectivity index (χ2v) is 3.50. The van der Waals surface area contributed by atoms with Crippen molar-refractivity contribution in [2.24, 2.45) is 0 Å². The smallest absolute Gasteiger partial charge is 0.217 e. The van der Waals surface area contributed by atoms with E-state index in [0.717, 1.165) is 5.65 Å². The predicted molar refractivity (Wildman–Crippen MR) is 55.7 cm³/mol. The van der Waals surface area contributed by atoms with Gasteiger partial charge in [0.15, 0.2) is 11.4 Å². The summed E-state index contributed by atoms with van der Waals surface area (Å²) < 4.78 is 6.83. The Morgan fingerprint density at radius 2 is 2.20 bits per heavy atom. The molecule has 0 spiro atoms. The van der Waals surface area contributed by atoms with Crippen LogP contribution < -0.4 is 0 Å². The van der Waals surface area contributed by atoms with Gasteiger partial charge in [-0.05, 0) is 24.3 Å². The highest BCUT2D eigenvalue weighted by molar-refractivity contribution is 6.30. The van der Waals surface area contributed by atoms with Crippen molar-refractivity contribution in [1.82, 2.24) is 14.6 Å². The molecule has 0 fully saturated rings. The van der Waals surface area contributed by atoms with Gasteiger partial charge in [-0.3, -0.25) is 0 Å². The lowest BCUT2D eigenvalue weighted by Crippen LogP contribution is -1.85. The van der Waals surface area contributed by atoms with E-state index in [1.54, 1.807) is 29.1 Å². The van der Waals surface area contributed by atoms with Crippen molar-refractivity contribution < 1.29 is 4.42 Å². The molecule has 3 aromatic heterocycles. The quantitative estimate of drug-likeness (QED) is 0.632. The molecule has 0 saturated heterocycles. The lowest BCUT2D eigenvalue weighted by molar-refractivity contribution is 0.577. The molecule has 5 heteroatoms. The fourth-order valence-corrected chi connectivity index (χ4v) is 1.52. The lowest BCUT2D eigenvalue weighted by atomic mass is 10.4. The maximum absolute atomic E-state index is 5.84. The van der Waals surface area contributed by atoms with Crippen molar-refractivity contribution in [3.8, 4) is 11.6 Å². The standard InChI is InChI=1S/C10H6ClN3O/c11-7-3-4-9-12-10(13-14(9)6-7)8-2-1-5-15-8/h1-6H. The maximum Gasteiger partial charge on any atom is 0.217 e. The average molecular weight is 220 g/mol. The van der Waals surface area contributed by atoms with Gasteiger partial charge in [0.05, 0.1) is 11.3 Å². The average Bonchev–Trinajstić information content (AvgIpc) is 2.84. The summed E-state index contributed by atoms with van der Waals surface area (Å²) in [6, 6.07) is 7.20. The third-order valence-electron chi connectivity index (χ3n) is 2.04. The molecule has 74 valence electrons. The van der Waals surface area contributed by atoms with E-state index in [9.17, 15) is 0 Å². The lowest BCUT2D eigenvalue weighted by Gasteiger charge is -1.89. The number of fused-ring (bicyclic) bond motifs is 1. The molecule has 0 aromatic carbocycles. The maximum atomic E-state index is 5.84. The molecule has 3 heterocycles. The van der Waals surface area contributed by atoms with Gasteiger partial charge < -0.3 is 4.42 Å². The van der Waals surface area contributed by atoms with E-state index in [2.05, 4.69) is 10.1 Å². The summed E-state index contributed by atoms with van der Waals surface area (Å²) in [5.74, 6) is 1.21. The van der Waals surface area contributed by atoms with E-state index < -0.39 is 0 Å². The van der Waals surface area contributed by atoms with Gasteiger partial charge in [-0.1, -0.05) is 11.6 Å². The van der Waals surface area contributed by atoms with Crippen molar-refractivity contribution in [3.05, 3.63) is 41.7 Å². The van der Waals surface area contributed by atoms with Gasteiger partial charge in [-0.15, -0.1) is 5.10 Å². The van der Waals surface area contributed by atoms with Crippen LogP contribution in [0.25, 0.3) is 17.2 Å². The zero-order valence-corrected chi connectivity index (χ0v) is 8.35. The molecule has 0 aliphatic rings. The number of halogens is 1. The van der Waals surface area contributed by atoms with Crippen LogP contribution in [0.1, 0.15) is 0 Å². The van der Waals surface area contributed by atoms with Gasteiger partial charge in [0.2, 0.25) is 5.82 Å². The van der Waals surface area contributed by atoms with Crippen LogP contribution in [0.5, 0.6) is 0 Å². The molecular weight excluding hydrogens is 214 g/mol. The van der Waals surface area contributed by atoms with Crippen LogP contribution in [0.15, 0.2) is 41.1 Å². The topological polar surface area (TPSA) is 43.3 Å². The monoisotopic (exact) mass is 219 g/mol. The first-order valence-electron chi connectivity index (χ1n) is 4.39. The predicted octanol–water partition coefficient (Wildman–Crippen LogP) is 2.64. The SMILES string of the molecule is Clc1ccc2nc(-c3ccco3)nn2c1. The number of aromatic nitrogens is 3. The molecule has 0 amide bonds. The molecule has 0 atom stereocenters. The normalized spacial score (nSPS) is 11.0. The summed E-state index contributed by atoms with van der Waals surface area (Å²) in [5, 5.41) is 4.87. The summed E-state index contributed by atoms with van der Waals surface area (Å²) in [7, 11) is 0. The number of pyridine rings is 1. The molecule has 0 saturated carbocycles. The van der Waals surface area contributed by atoms with Gasteiger partial charge in [-0.25, -0.2) is 9.50 Å². The molecule has 0 N–H and O–H groups in total. The second-order valence-electron chi connectivity index (χ2n) is 3.06. The number of hydrogen-bond donors (Lipinski definition) is 0. The highest BCUT2D eigenvalue weighted by Crippen LogP contribution is 2.17. The van der Waals surface area contributed by atoms with Crippen LogP contribution in [0.3, 0.4) is 0 Å². The Kier molecular flexibility index (Phi) is 1.76. The summed E-state index contributed by atoms with van der Waals surface area (Å²) in [6.45, 7) is 0. The van der Waals surface area contributed by atoms with Crippen molar-refractivity contribution in [1.29, 1.82) is 0 Å². The third kappa shape index (κ3) is 1.39. The van der Waals surface area contributed by atoms with Gasteiger partial charge in [-0.2, -0.15) is 0 Å². The molecule has 0 aliphatic carbocycles. The van der Waals surface area contributed by atoms with Crippen LogP contribution in [0.4, 0.5) is 0 Å². The first kappa shape index (κ1) is 8.49. The Labute approximate surface area is 90.1 Å². The Balaban J connectivity index is 2.22. The van der Waals surface area contributed by atoms with Gasteiger partial charge in [0.25, 0.3) is 0 Å². The van der Waals surface area contributed by atoms with Crippen molar-refractivity contribution in [2.75, 3.05) is 0 Å². The Morgan fingerprint density at radius 1 is 1.27 bits per heavy atom. The van der Waals surface area contributed by atoms with E-state index in [0.29, 0.717) is 16.6 Å². The van der Waals surface area contributed by atoms with E-state index in [-0.39, 0.29) is 0 Å². The van der Waals surface area contributed by atoms with E-state index in [1.165, 1.54) is 0 Å². The molecule has 4 nitrogen and oxygen atoms in total. The van der Waals surface area contributed by atoms with Crippen LogP contribution in [-0.2, 0) is 0 Å². The molecular formula is C10H6ClN3O. The Morgan fingerprint density at radius 3 is 3.00 bits per heavy atom. The van der Waals surface area contributed by atoms with Gasteiger partial charge >= 0.3 is 0 Å². The zero-order chi connectivity index (χ0) is 10.3. The van der Waals surface area contributed by atoms with Crippen LogP contribution in [0.2, 0.25) is 5.02 Å². The fourth-order valence-electron chi connectivity index (χ4n) is 1.37. The third-order valence-corrected chi connectivity index (χ3v) is 2.26. The summed E-state index contributed by atoms with van der Waals surface area (Å²) in [5.41, 5.74) is 0.741. The number of rotatable bonds is 1. The largest absolute Gasteiger partial charge is 0.461 e. The fraction of sp³-hybridized carbons (Fsp3) is 0. The molecule has 3 rings (SSSR count). The molecule has 0 aliphatic heterocycles. The van der Waals surface area contributed by atoms with Crippen molar-refractivity contribution in [3.63, 3.8) is 0 Å². The summed E-state index contributed by atoms with van der Waals surface area (Å²) >= 11 is 5.84. The summed E-state index contributed by atoms with van der Waals surface area (Å²) in [4.78, 5) is 4.30. The Bertz CT molecular complexity index is 600. The molecule has 3 aromatic rings. The minimum absolute atomic E-state index is 0.558. The van der Waals surface area contributed by atoms with Crippen molar-refractivity contribution >= 4 is 17.2 Å². The highest BCUT2D eigenvalue weighted by atomic mass is 35.5. The van der Waals surface area contributed by atoms with Gasteiger partial charge in [0.1, 0.15) is 0 Å². The van der Waals surface area contributed by atoms with Crippen LogP contribution >= 0.6 is 11.6 Å². The van der Waals surface area contributed by atoms with E-state index >= 15 is 0 Å².